The van der Waals surface area contributed by atoms with Crippen molar-refractivity contribution in [3.63, 3.8) is 0 Å². The molecule has 0 radical (unpaired) electrons. The molecule has 7 heteroatoms. The van der Waals surface area contributed by atoms with Gasteiger partial charge in [0.25, 0.3) is 5.56 Å². The molecule has 2 aromatic heterocycles. The summed E-state index contributed by atoms with van der Waals surface area (Å²) in [5, 5.41) is 10.9. The number of anilines is 2. The zero-order chi connectivity index (χ0) is 14.3. The van der Waals surface area contributed by atoms with Gasteiger partial charge in [0.2, 0.25) is 0 Å². The van der Waals surface area contributed by atoms with Crippen molar-refractivity contribution in [2.45, 2.75) is 26.1 Å². The Morgan fingerprint density at radius 2 is 2.30 bits per heavy atom. The van der Waals surface area contributed by atoms with Crippen LogP contribution in [0.5, 0.6) is 0 Å². The Balaban J connectivity index is 1.91. The molecule has 1 atom stereocenters. The zero-order valence-corrected chi connectivity index (χ0v) is 12.9. The number of fused-ring (bicyclic) bond motifs is 1. The SMILES string of the molecule is CC1Cc2cc(Nc3cc(Br)cn(C)c3=O)nn2CN1. The lowest BCUT2D eigenvalue weighted by molar-refractivity contribution is 0.386. The van der Waals surface area contributed by atoms with Crippen molar-refractivity contribution in [1.82, 2.24) is 19.7 Å². The average molecular weight is 338 g/mol. The maximum atomic E-state index is 12.1. The van der Waals surface area contributed by atoms with E-state index in [1.54, 1.807) is 19.3 Å². The van der Waals surface area contributed by atoms with E-state index in [0.717, 1.165) is 10.9 Å². The fraction of sp³-hybridized carbons (Fsp3) is 0.385. The number of aryl methyl sites for hydroxylation is 1. The van der Waals surface area contributed by atoms with Gasteiger partial charge >= 0.3 is 0 Å². The normalized spacial score (nSPS) is 17.9. The molecular formula is C13H16BrN5O. The van der Waals surface area contributed by atoms with E-state index < -0.39 is 0 Å². The molecule has 1 aliphatic rings. The highest BCUT2D eigenvalue weighted by atomic mass is 79.9. The molecule has 0 amide bonds. The molecule has 0 spiro atoms. The van der Waals surface area contributed by atoms with Gasteiger partial charge in [0, 0.05) is 41.9 Å². The summed E-state index contributed by atoms with van der Waals surface area (Å²) in [5.41, 5.74) is 1.61. The van der Waals surface area contributed by atoms with Gasteiger partial charge in [-0.2, -0.15) is 5.10 Å². The highest BCUT2D eigenvalue weighted by Crippen LogP contribution is 2.19. The number of hydrogen-bond donors (Lipinski definition) is 2. The highest BCUT2D eigenvalue weighted by molar-refractivity contribution is 9.10. The fourth-order valence-corrected chi connectivity index (χ4v) is 2.88. The zero-order valence-electron chi connectivity index (χ0n) is 11.4. The molecule has 0 bridgehead atoms. The Bertz CT molecular complexity index is 705. The van der Waals surface area contributed by atoms with Crippen molar-refractivity contribution in [3.8, 4) is 0 Å². The number of nitrogens with zero attached hydrogens (tertiary/aromatic N) is 3. The smallest absolute Gasteiger partial charge is 0.274 e. The molecule has 1 unspecified atom stereocenters. The molecule has 106 valence electrons. The molecule has 1 aliphatic heterocycles. The third kappa shape index (κ3) is 2.51. The van der Waals surface area contributed by atoms with E-state index in [-0.39, 0.29) is 5.56 Å². The van der Waals surface area contributed by atoms with Crippen molar-refractivity contribution in [1.29, 1.82) is 0 Å². The third-order valence-corrected chi connectivity index (χ3v) is 3.81. The Morgan fingerprint density at radius 3 is 3.10 bits per heavy atom. The quantitative estimate of drug-likeness (QED) is 0.873. The van der Waals surface area contributed by atoms with Gasteiger partial charge in [-0.1, -0.05) is 0 Å². The molecule has 20 heavy (non-hydrogen) atoms. The monoisotopic (exact) mass is 337 g/mol. The Labute approximate surface area is 124 Å². The lowest BCUT2D eigenvalue weighted by Gasteiger charge is -2.20. The van der Waals surface area contributed by atoms with E-state index in [1.165, 1.54) is 10.3 Å². The maximum Gasteiger partial charge on any atom is 0.274 e. The van der Waals surface area contributed by atoms with Gasteiger partial charge in [0.15, 0.2) is 5.82 Å². The van der Waals surface area contributed by atoms with Crippen LogP contribution in [0.4, 0.5) is 11.5 Å². The summed E-state index contributed by atoms with van der Waals surface area (Å²) in [5.74, 6) is 0.700. The standard InChI is InChI=1S/C13H16BrN5O/c1-8-3-10-5-12(17-19(10)7-15-8)16-11-4-9(14)6-18(2)13(11)20/h4-6,8,15H,3,7H2,1-2H3,(H,16,17). The summed E-state index contributed by atoms with van der Waals surface area (Å²) in [4.78, 5) is 12.1. The van der Waals surface area contributed by atoms with E-state index in [4.69, 9.17) is 0 Å². The maximum absolute atomic E-state index is 12.1. The number of aromatic nitrogens is 3. The van der Waals surface area contributed by atoms with Gasteiger partial charge in [-0.3, -0.25) is 14.8 Å². The molecule has 0 saturated heterocycles. The average Bonchev–Trinajstić information content (AvgIpc) is 2.76. The molecular weight excluding hydrogens is 322 g/mol. The van der Waals surface area contributed by atoms with Crippen LogP contribution in [0.25, 0.3) is 0 Å². The van der Waals surface area contributed by atoms with Crippen molar-refractivity contribution >= 4 is 27.4 Å². The van der Waals surface area contributed by atoms with E-state index in [0.29, 0.717) is 24.2 Å². The molecule has 6 nitrogen and oxygen atoms in total. The van der Waals surface area contributed by atoms with E-state index in [9.17, 15) is 4.79 Å². The van der Waals surface area contributed by atoms with Crippen LogP contribution in [0.15, 0.2) is 27.6 Å². The minimum Gasteiger partial charge on any atom is -0.334 e. The predicted molar refractivity (Wildman–Crippen MR) is 81.2 cm³/mol. The Morgan fingerprint density at radius 1 is 1.50 bits per heavy atom. The molecule has 0 aliphatic carbocycles. The van der Waals surface area contributed by atoms with Crippen LogP contribution in [0.3, 0.4) is 0 Å². The van der Waals surface area contributed by atoms with Gasteiger partial charge in [-0.25, -0.2) is 0 Å². The summed E-state index contributed by atoms with van der Waals surface area (Å²) < 4.78 is 4.30. The first-order valence-electron chi connectivity index (χ1n) is 6.46. The van der Waals surface area contributed by atoms with Crippen molar-refractivity contribution in [2.75, 3.05) is 5.32 Å². The molecule has 0 fully saturated rings. The first-order valence-corrected chi connectivity index (χ1v) is 7.25. The van der Waals surface area contributed by atoms with Crippen molar-refractivity contribution < 1.29 is 0 Å². The van der Waals surface area contributed by atoms with Crippen LogP contribution in [0.1, 0.15) is 12.6 Å². The van der Waals surface area contributed by atoms with Crippen LogP contribution in [-0.2, 0) is 20.1 Å². The minimum atomic E-state index is -0.0781. The lowest BCUT2D eigenvalue weighted by Crippen LogP contribution is -2.36. The van der Waals surface area contributed by atoms with Crippen LogP contribution < -0.4 is 16.2 Å². The number of rotatable bonds is 2. The summed E-state index contributed by atoms with van der Waals surface area (Å²) in [6, 6.07) is 4.21. The Kier molecular flexibility index (Phi) is 3.39. The van der Waals surface area contributed by atoms with Gasteiger partial charge in [0.05, 0.1) is 6.67 Å². The van der Waals surface area contributed by atoms with E-state index >= 15 is 0 Å². The number of pyridine rings is 1. The first kappa shape index (κ1) is 13.4. The van der Waals surface area contributed by atoms with Crippen molar-refractivity contribution in [3.05, 3.63) is 38.9 Å². The second-order valence-electron chi connectivity index (χ2n) is 5.10. The molecule has 0 aromatic carbocycles. The van der Waals surface area contributed by atoms with Crippen LogP contribution in [0, 0.1) is 0 Å². The van der Waals surface area contributed by atoms with Gasteiger partial charge in [-0.05, 0) is 28.9 Å². The molecule has 2 aromatic rings. The molecule has 3 heterocycles. The number of halogens is 1. The first-order chi connectivity index (χ1) is 9.52. The number of hydrogen-bond acceptors (Lipinski definition) is 4. The Hall–Kier alpha value is -1.60. The molecule has 3 rings (SSSR count). The number of nitrogens with one attached hydrogen (secondary N) is 2. The van der Waals surface area contributed by atoms with E-state index in [2.05, 4.69) is 38.6 Å². The van der Waals surface area contributed by atoms with E-state index in [1.807, 2.05) is 10.7 Å². The second kappa shape index (κ2) is 5.06. The van der Waals surface area contributed by atoms with Crippen LogP contribution >= 0.6 is 15.9 Å². The van der Waals surface area contributed by atoms with Crippen LogP contribution in [-0.4, -0.2) is 20.4 Å². The largest absolute Gasteiger partial charge is 0.334 e. The van der Waals surface area contributed by atoms with Gasteiger partial charge in [0.1, 0.15) is 5.69 Å². The minimum absolute atomic E-state index is 0.0781. The van der Waals surface area contributed by atoms with Crippen LogP contribution in [0.2, 0.25) is 0 Å². The third-order valence-electron chi connectivity index (χ3n) is 3.38. The lowest BCUT2D eigenvalue weighted by atomic mass is 10.1. The second-order valence-corrected chi connectivity index (χ2v) is 6.02. The fourth-order valence-electron chi connectivity index (χ4n) is 2.34. The summed E-state index contributed by atoms with van der Waals surface area (Å²) >= 11 is 3.39. The summed E-state index contributed by atoms with van der Waals surface area (Å²) in [7, 11) is 1.72. The predicted octanol–water partition coefficient (Wildman–Crippen LogP) is 1.58. The van der Waals surface area contributed by atoms with Gasteiger partial charge < -0.3 is 9.88 Å². The molecule has 0 saturated carbocycles. The highest BCUT2D eigenvalue weighted by Gasteiger charge is 2.17. The summed E-state index contributed by atoms with van der Waals surface area (Å²) in [6.45, 7) is 2.85. The molecule has 2 N–H and O–H groups in total. The summed E-state index contributed by atoms with van der Waals surface area (Å²) in [6.07, 6.45) is 2.67. The van der Waals surface area contributed by atoms with Crippen molar-refractivity contribution in [2.24, 2.45) is 7.05 Å². The van der Waals surface area contributed by atoms with Gasteiger partial charge in [-0.15, -0.1) is 0 Å². The topological polar surface area (TPSA) is 63.9 Å².